The molecule has 1 unspecified atom stereocenters. The molecule has 1 heterocycles. The molecule has 3 nitrogen and oxygen atoms in total. The Hall–Kier alpha value is -1.07. The monoisotopic (exact) mass is 269 g/mol. The van der Waals surface area contributed by atoms with Crippen molar-refractivity contribution in [3.05, 3.63) is 35.1 Å². The maximum Gasteiger partial charge on any atom is 0.335 e. The molecule has 18 heavy (non-hydrogen) atoms. The quantitative estimate of drug-likeness (QED) is 0.882. The molecule has 5 heteroatoms. The largest absolute Gasteiger partial charge is 0.478 e. The predicted octanol–water partition coefficient (Wildman–Crippen LogP) is 2.51. The number of halogens is 1. The Labute approximate surface area is 110 Å². The summed E-state index contributed by atoms with van der Waals surface area (Å²) in [4.78, 5) is 10.8. The molecule has 2 N–H and O–H groups in total. The summed E-state index contributed by atoms with van der Waals surface area (Å²) in [6, 6.07) is 4.31. The van der Waals surface area contributed by atoms with Gasteiger partial charge in [0.25, 0.3) is 0 Å². The van der Waals surface area contributed by atoms with E-state index in [2.05, 4.69) is 5.32 Å². The second-order valence-corrected chi connectivity index (χ2v) is 5.56. The van der Waals surface area contributed by atoms with E-state index in [4.69, 9.17) is 5.11 Å². The molecule has 1 aliphatic heterocycles. The zero-order valence-corrected chi connectivity index (χ0v) is 10.8. The average molecular weight is 269 g/mol. The number of benzene rings is 1. The van der Waals surface area contributed by atoms with Gasteiger partial charge >= 0.3 is 5.97 Å². The Kier molecular flexibility index (Phi) is 4.60. The van der Waals surface area contributed by atoms with E-state index < -0.39 is 5.97 Å². The molecule has 0 amide bonds. The van der Waals surface area contributed by atoms with E-state index in [0.717, 1.165) is 12.2 Å². The number of aromatic carboxylic acids is 1. The highest BCUT2D eigenvalue weighted by atomic mass is 32.2. The molecular formula is C13H16FNO2S. The van der Waals surface area contributed by atoms with E-state index in [0.29, 0.717) is 18.2 Å². The molecule has 0 aromatic heterocycles. The number of thioether (sulfide) groups is 1. The molecule has 1 aromatic rings. The van der Waals surface area contributed by atoms with E-state index in [1.165, 1.54) is 30.4 Å². The Morgan fingerprint density at radius 3 is 3.06 bits per heavy atom. The van der Waals surface area contributed by atoms with Crippen LogP contribution >= 0.6 is 11.8 Å². The van der Waals surface area contributed by atoms with Crippen LogP contribution in [0.15, 0.2) is 18.2 Å². The standard InChI is InChI=1S/C13H16FNO2S/c14-12-4-3-9(13(16)17)6-10(12)7-15-11-2-1-5-18-8-11/h3-4,6,11,15H,1-2,5,7-8H2,(H,16,17). The van der Waals surface area contributed by atoms with Crippen LogP contribution in [-0.4, -0.2) is 28.6 Å². The van der Waals surface area contributed by atoms with Gasteiger partial charge in [0.1, 0.15) is 5.82 Å². The van der Waals surface area contributed by atoms with Crippen LogP contribution < -0.4 is 5.32 Å². The summed E-state index contributed by atoms with van der Waals surface area (Å²) >= 11 is 1.90. The van der Waals surface area contributed by atoms with Gasteiger partial charge in [-0.3, -0.25) is 0 Å². The first-order valence-corrected chi connectivity index (χ1v) is 7.15. The second kappa shape index (κ2) is 6.20. The highest BCUT2D eigenvalue weighted by Gasteiger charge is 2.14. The molecule has 0 bridgehead atoms. The van der Waals surface area contributed by atoms with Crippen molar-refractivity contribution in [1.82, 2.24) is 5.32 Å². The number of carbonyl (C=O) groups is 1. The average Bonchev–Trinajstić information content (AvgIpc) is 2.38. The van der Waals surface area contributed by atoms with E-state index in [1.807, 2.05) is 11.8 Å². The third kappa shape index (κ3) is 3.46. The molecule has 0 aliphatic carbocycles. The van der Waals surface area contributed by atoms with Crippen LogP contribution in [0.25, 0.3) is 0 Å². The van der Waals surface area contributed by atoms with Gasteiger partial charge in [0.2, 0.25) is 0 Å². The van der Waals surface area contributed by atoms with Crippen molar-refractivity contribution in [1.29, 1.82) is 0 Å². The van der Waals surface area contributed by atoms with E-state index in [1.54, 1.807) is 0 Å². The van der Waals surface area contributed by atoms with Gasteiger partial charge in [-0.1, -0.05) is 0 Å². The molecule has 0 spiro atoms. The van der Waals surface area contributed by atoms with Gasteiger partial charge in [-0.05, 0) is 36.8 Å². The van der Waals surface area contributed by atoms with Gasteiger partial charge in [0.15, 0.2) is 0 Å². The number of nitrogens with one attached hydrogen (secondary N) is 1. The first kappa shape index (κ1) is 13.4. The Balaban J connectivity index is 1.99. The summed E-state index contributed by atoms with van der Waals surface area (Å²) in [5.74, 6) is 0.863. The maximum atomic E-state index is 13.5. The highest BCUT2D eigenvalue weighted by molar-refractivity contribution is 7.99. The SMILES string of the molecule is O=C(O)c1ccc(F)c(CNC2CCCSC2)c1. The van der Waals surface area contributed by atoms with Crippen molar-refractivity contribution in [2.75, 3.05) is 11.5 Å². The van der Waals surface area contributed by atoms with Gasteiger partial charge in [0, 0.05) is 23.9 Å². The Morgan fingerprint density at radius 1 is 1.56 bits per heavy atom. The summed E-state index contributed by atoms with van der Waals surface area (Å²) in [7, 11) is 0. The van der Waals surface area contributed by atoms with Crippen LogP contribution in [0.2, 0.25) is 0 Å². The van der Waals surface area contributed by atoms with Gasteiger partial charge in [0.05, 0.1) is 5.56 Å². The van der Waals surface area contributed by atoms with Crippen molar-refractivity contribution >= 4 is 17.7 Å². The number of carboxylic acid groups (broad SMARTS) is 1. The summed E-state index contributed by atoms with van der Waals surface area (Å²) < 4.78 is 13.5. The molecule has 0 radical (unpaired) electrons. The number of carboxylic acids is 1. The van der Waals surface area contributed by atoms with Gasteiger partial charge in [-0.15, -0.1) is 0 Å². The minimum Gasteiger partial charge on any atom is -0.478 e. The molecule has 1 saturated heterocycles. The smallest absolute Gasteiger partial charge is 0.335 e. The van der Waals surface area contributed by atoms with E-state index in [-0.39, 0.29) is 11.4 Å². The first-order valence-electron chi connectivity index (χ1n) is 5.99. The van der Waals surface area contributed by atoms with Crippen molar-refractivity contribution in [2.24, 2.45) is 0 Å². The normalized spacial score (nSPS) is 19.7. The van der Waals surface area contributed by atoms with Crippen molar-refractivity contribution in [3.63, 3.8) is 0 Å². The molecule has 1 atom stereocenters. The molecule has 98 valence electrons. The fraction of sp³-hybridized carbons (Fsp3) is 0.462. The molecule has 2 rings (SSSR count). The first-order chi connectivity index (χ1) is 8.66. The van der Waals surface area contributed by atoms with Crippen LogP contribution in [0.5, 0.6) is 0 Å². The number of rotatable bonds is 4. The number of hydrogen-bond donors (Lipinski definition) is 2. The van der Waals surface area contributed by atoms with Crippen LogP contribution in [-0.2, 0) is 6.54 Å². The summed E-state index contributed by atoms with van der Waals surface area (Å²) in [6.07, 6.45) is 2.28. The Morgan fingerprint density at radius 2 is 2.39 bits per heavy atom. The molecule has 1 aromatic carbocycles. The molecular weight excluding hydrogens is 253 g/mol. The second-order valence-electron chi connectivity index (χ2n) is 4.41. The van der Waals surface area contributed by atoms with E-state index in [9.17, 15) is 9.18 Å². The summed E-state index contributed by atoms with van der Waals surface area (Å²) in [5, 5.41) is 12.2. The lowest BCUT2D eigenvalue weighted by Gasteiger charge is -2.22. The molecule has 0 saturated carbocycles. The lowest BCUT2D eigenvalue weighted by molar-refractivity contribution is 0.0696. The van der Waals surface area contributed by atoms with Gasteiger partial charge in [-0.25, -0.2) is 9.18 Å². The van der Waals surface area contributed by atoms with Gasteiger partial charge in [-0.2, -0.15) is 11.8 Å². The fourth-order valence-corrected chi connectivity index (χ4v) is 3.11. The third-order valence-electron chi connectivity index (χ3n) is 3.03. The van der Waals surface area contributed by atoms with E-state index >= 15 is 0 Å². The molecule has 1 aliphatic rings. The van der Waals surface area contributed by atoms with Crippen molar-refractivity contribution in [3.8, 4) is 0 Å². The van der Waals surface area contributed by atoms with Crippen LogP contribution in [0, 0.1) is 5.82 Å². The lowest BCUT2D eigenvalue weighted by Crippen LogP contribution is -2.33. The zero-order chi connectivity index (χ0) is 13.0. The maximum absolute atomic E-state index is 13.5. The Bertz CT molecular complexity index is 433. The third-order valence-corrected chi connectivity index (χ3v) is 4.25. The predicted molar refractivity (Wildman–Crippen MR) is 70.5 cm³/mol. The zero-order valence-electron chi connectivity index (χ0n) is 9.99. The topological polar surface area (TPSA) is 49.3 Å². The van der Waals surface area contributed by atoms with Crippen LogP contribution in [0.3, 0.4) is 0 Å². The fourth-order valence-electron chi connectivity index (χ4n) is 2.00. The van der Waals surface area contributed by atoms with Gasteiger partial charge < -0.3 is 10.4 Å². The minimum atomic E-state index is -1.02. The highest BCUT2D eigenvalue weighted by Crippen LogP contribution is 2.18. The summed E-state index contributed by atoms with van der Waals surface area (Å²) in [5.41, 5.74) is 0.552. The van der Waals surface area contributed by atoms with Crippen molar-refractivity contribution < 1.29 is 14.3 Å². The number of hydrogen-bond acceptors (Lipinski definition) is 3. The molecule has 1 fully saturated rings. The van der Waals surface area contributed by atoms with Crippen LogP contribution in [0.4, 0.5) is 4.39 Å². The van der Waals surface area contributed by atoms with Crippen molar-refractivity contribution in [2.45, 2.75) is 25.4 Å². The summed E-state index contributed by atoms with van der Waals surface area (Å²) in [6.45, 7) is 0.387. The minimum absolute atomic E-state index is 0.131. The van der Waals surface area contributed by atoms with Crippen LogP contribution in [0.1, 0.15) is 28.8 Å². The lowest BCUT2D eigenvalue weighted by atomic mass is 10.1.